The predicted molar refractivity (Wildman–Crippen MR) is 118 cm³/mol. The predicted octanol–water partition coefficient (Wildman–Crippen LogP) is 6.13. The largest absolute Gasteiger partial charge is 0.370 e. The molecule has 28 heavy (non-hydrogen) atoms. The van der Waals surface area contributed by atoms with Crippen LogP contribution in [0, 0.1) is 0 Å². The molecule has 0 amide bonds. The second-order valence-electron chi connectivity index (χ2n) is 7.47. The highest BCUT2D eigenvalue weighted by molar-refractivity contribution is 7.98. The van der Waals surface area contributed by atoms with Crippen LogP contribution in [0.3, 0.4) is 0 Å². The lowest BCUT2D eigenvalue weighted by atomic mass is 9.88. The third kappa shape index (κ3) is 2.90. The molecule has 5 rings (SSSR count). The van der Waals surface area contributed by atoms with Crippen LogP contribution in [0.2, 0.25) is 5.15 Å². The van der Waals surface area contributed by atoms with Crippen LogP contribution in [-0.2, 0) is 17.8 Å². The molecular formula is C21H18ClN3OS2. The Bertz CT molecular complexity index is 1220. The maximum atomic E-state index is 6.50. The monoisotopic (exact) mass is 427 g/mol. The molecule has 1 aliphatic heterocycles. The zero-order valence-electron chi connectivity index (χ0n) is 15.7. The van der Waals surface area contributed by atoms with Crippen molar-refractivity contribution in [3.63, 3.8) is 0 Å². The molecule has 0 N–H and O–H groups in total. The van der Waals surface area contributed by atoms with E-state index in [0.717, 1.165) is 43.7 Å². The number of pyridine rings is 1. The van der Waals surface area contributed by atoms with Crippen LogP contribution >= 0.6 is 34.7 Å². The van der Waals surface area contributed by atoms with Gasteiger partial charge >= 0.3 is 0 Å². The molecule has 0 bridgehead atoms. The molecule has 1 aromatic carbocycles. The van der Waals surface area contributed by atoms with E-state index in [1.54, 1.807) is 11.3 Å². The van der Waals surface area contributed by atoms with Gasteiger partial charge in [0.05, 0.1) is 28.1 Å². The fourth-order valence-corrected chi connectivity index (χ4v) is 5.47. The molecule has 7 heteroatoms. The minimum atomic E-state index is -0.233. The summed E-state index contributed by atoms with van der Waals surface area (Å²) in [7, 11) is 0. The number of hydrogen-bond donors (Lipinski definition) is 0. The van der Waals surface area contributed by atoms with Gasteiger partial charge < -0.3 is 4.74 Å². The van der Waals surface area contributed by atoms with E-state index in [4.69, 9.17) is 26.3 Å². The lowest BCUT2D eigenvalue weighted by Crippen LogP contribution is -2.32. The number of fused-ring (bicyclic) bond motifs is 5. The lowest BCUT2D eigenvalue weighted by Gasteiger charge is -2.33. The molecule has 0 spiro atoms. The second kappa shape index (κ2) is 6.66. The number of thioether (sulfide) groups is 1. The van der Waals surface area contributed by atoms with Crippen LogP contribution in [0.15, 0.2) is 35.5 Å². The van der Waals surface area contributed by atoms with E-state index in [2.05, 4.69) is 31.0 Å². The molecule has 0 saturated heterocycles. The van der Waals surface area contributed by atoms with Gasteiger partial charge in [-0.25, -0.2) is 15.0 Å². The van der Waals surface area contributed by atoms with Gasteiger partial charge in [-0.1, -0.05) is 53.7 Å². The molecule has 0 aliphatic carbocycles. The summed E-state index contributed by atoms with van der Waals surface area (Å²) < 4.78 is 7.06. The lowest BCUT2D eigenvalue weighted by molar-refractivity contribution is -0.0394. The third-order valence-electron chi connectivity index (χ3n) is 5.06. The molecule has 0 radical (unpaired) electrons. The molecule has 4 heterocycles. The third-order valence-corrected chi connectivity index (χ3v) is 7.07. The van der Waals surface area contributed by atoms with Crippen LogP contribution < -0.4 is 0 Å². The summed E-state index contributed by atoms with van der Waals surface area (Å²) in [6.07, 6.45) is 2.77. The average Bonchev–Trinajstić information content (AvgIpc) is 3.06. The zero-order chi connectivity index (χ0) is 19.5. The zero-order valence-corrected chi connectivity index (χ0v) is 18.1. The van der Waals surface area contributed by atoms with Gasteiger partial charge in [0, 0.05) is 22.9 Å². The SMILES string of the molecule is CSc1nc(Cl)c2sc3nc(-c4ccccc4)c4c(c3c2n1)CC(C)(C)OC4. The number of halogens is 1. The van der Waals surface area contributed by atoms with Gasteiger partial charge in [-0.15, -0.1) is 11.3 Å². The van der Waals surface area contributed by atoms with Crippen molar-refractivity contribution in [2.24, 2.45) is 0 Å². The van der Waals surface area contributed by atoms with Crippen molar-refractivity contribution in [1.29, 1.82) is 0 Å². The minimum Gasteiger partial charge on any atom is -0.370 e. The summed E-state index contributed by atoms with van der Waals surface area (Å²) in [6, 6.07) is 10.3. The highest BCUT2D eigenvalue weighted by Crippen LogP contribution is 2.44. The van der Waals surface area contributed by atoms with E-state index in [9.17, 15) is 0 Å². The molecule has 0 saturated carbocycles. The summed E-state index contributed by atoms with van der Waals surface area (Å²) >= 11 is 9.57. The van der Waals surface area contributed by atoms with E-state index in [1.165, 1.54) is 17.3 Å². The number of rotatable bonds is 2. The summed E-state index contributed by atoms with van der Waals surface area (Å²) in [5, 5.41) is 2.29. The summed E-state index contributed by atoms with van der Waals surface area (Å²) in [5.41, 5.74) is 5.18. The number of aromatic nitrogens is 3. The van der Waals surface area contributed by atoms with Gasteiger partial charge in [-0.3, -0.25) is 0 Å². The van der Waals surface area contributed by atoms with Crippen molar-refractivity contribution in [2.45, 2.75) is 37.6 Å². The maximum absolute atomic E-state index is 6.50. The molecule has 4 aromatic rings. The first kappa shape index (κ1) is 18.3. The van der Waals surface area contributed by atoms with Crippen LogP contribution in [0.5, 0.6) is 0 Å². The normalized spacial score (nSPS) is 15.9. The molecule has 1 aliphatic rings. The summed E-state index contributed by atoms with van der Waals surface area (Å²) in [4.78, 5) is 15.2. The van der Waals surface area contributed by atoms with Crippen molar-refractivity contribution in [3.05, 3.63) is 46.6 Å². The summed E-state index contributed by atoms with van der Waals surface area (Å²) in [5.74, 6) is 0. The molecule has 4 nitrogen and oxygen atoms in total. The van der Waals surface area contributed by atoms with Crippen LogP contribution in [0.1, 0.15) is 25.0 Å². The van der Waals surface area contributed by atoms with Gasteiger partial charge in [0.1, 0.15) is 4.83 Å². The van der Waals surface area contributed by atoms with Crippen molar-refractivity contribution in [2.75, 3.05) is 6.26 Å². The second-order valence-corrected chi connectivity index (χ2v) is 9.60. The molecular weight excluding hydrogens is 410 g/mol. The smallest absolute Gasteiger partial charge is 0.189 e. The number of thiophene rings is 1. The standard InChI is InChI=1S/C21H18ClN3OS2/c1-21(2)9-12-13(10-26-21)15(11-7-5-4-6-8-11)23-19-14(12)16-17(28-19)18(22)25-20(24-16)27-3/h4-8H,9-10H2,1-3H3. The van der Waals surface area contributed by atoms with Crippen LogP contribution in [-0.4, -0.2) is 26.8 Å². The van der Waals surface area contributed by atoms with Crippen LogP contribution in [0.4, 0.5) is 0 Å². The van der Waals surface area contributed by atoms with E-state index >= 15 is 0 Å². The molecule has 0 unspecified atom stereocenters. The number of ether oxygens (including phenoxy) is 1. The fraction of sp³-hybridized carbons (Fsp3) is 0.286. The Morgan fingerprint density at radius 3 is 2.64 bits per heavy atom. The molecule has 0 fully saturated rings. The molecule has 3 aromatic heterocycles. The highest BCUT2D eigenvalue weighted by atomic mass is 35.5. The quantitative estimate of drug-likeness (QED) is 0.218. The average molecular weight is 428 g/mol. The summed E-state index contributed by atoms with van der Waals surface area (Å²) in [6.45, 7) is 4.81. The molecule has 0 atom stereocenters. The van der Waals surface area contributed by atoms with Gasteiger partial charge in [0.25, 0.3) is 0 Å². The first-order valence-electron chi connectivity index (χ1n) is 9.02. The van der Waals surface area contributed by atoms with Gasteiger partial charge in [-0.2, -0.15) is 0 Å². The van der Waals surface area contributed by atoms with Gasteiger partial charge in [-0.05, 0) is 25.7 Å². The van der Waals surface area contributed by atoms with Crippen molar-refractivity contribution in [1.82, 2.24) is 15.0 Å². The Morgan fingerprint density at radius 1 is 1.11 bits per heavy atom. The van der Waals surface area contributed by atoms with E-state index in [1.807, 2.05) is 24.5 Å². The van der Waals surface area contributed by atoms with Gasteiger partial charge in [0.2, 0.25) is 0 Å². The van der Waals surface area contributed by atoms with E-state index < -0.39 is 0 Å². The van der Waals surface area contributed by atoms with Crippen molar-refractivity contribution < 1.29 is 4.74 Å². The Hall–Kier alpha value is -1.73. The fourth-order valence-electron chi connectivity index (χ4n) is 3.75. The van der Waals surface area contributed by atoms with Crippen LogP contribution in [0.25, 0.3) is 31.7 Å². The molecule has 142 valence electrons. The van der Waals surface area contributed by atoms with Crippen molar-refractivity contribution in [3.8, 4) is 11.3 Å². The van der Waals surface area contributed by atoms with E-state index in [0.29, 0.717) is 16.9 Å². The van der Waals surface area contributed by atoms with E-state index in [-0.39, 0.29) is 5.60 Å². The van der Waals surface area contributed by atoms with Crippen molar-refractivity contribution >= 4 is 55.1 Å². The van der Waals surface area contributed by atoms with Gasteiger partial charge in [0.15, 0.2) is 10.3 Å². The first-order chi connectivity index (χ1) is 13.5. The number of nitrogens with zero attached hydrogens (tertiary/aromatic N) is 3. The first-order valence-corrected chi connectivity index (χ1v) is 11.4. The highest BCUT2D eigenvalue weighted by Gasteiger charge is 2.32. The number of benzene rings is 1. The Morgan fingerprint density at radius 2 is 1.89 bits per heavy atom. The minimum absolute atomic E-state index is 0.233. The Kier molecular flexibility index (Phi) is 4.36. The topological polar surface area (TPSA) is 47.9 Å². The number of hydrogen-bond acceptors (Lipinski definition) is 6. The Labute approximate surface area is 176 Å². The maximum Gasteiger partial charge on any atom is 0.189 e. The Balaban J connectivity index is 1.91.